The van der Waals surface area contributed by atoms with Crippen LogP contribution in [0.3, 0.4) is 0 Å². The zero-order valence-electron chi connectivity index (χ0n) is 16.6. The van der Waals surface area contributed by atoms with Gasteiger partial charge in [0, 0.05) is 24.2 Å². The summed E-state index contributed by atoms with van der Waals surface area (Å²) in [5, 5.41) is 2.90. The molecule has 0 unspecified atom stereocenters. The number of rotatable bonds is 8. The van der Waals surface area contributed by atoms with Gasteiger partial charge < -0.3 is 21.5 Å². The minimum Gasteiger partial charge on any atom is -0.496 e. The molecule has 0 saturated heterocycles. The van der Waals surface area contributed by atoms with Gasteiger partial charge in [0.1, 0.15) is 5.75 Å². The van der Waals surface area contributed by atoms with Crippen LogP contribution >= 0.6 is 0 Å². The van der Waals surface area contributed by atoms with E-state index in [4.69, 9.17) is 16.2 Å². The molecule has 0 spiro atoms. The van der Waals surface area contributed by atoms with Crippen LogP contribution in [0.15, 0.2) is 54.7 Å². The lowest BCUT2D eigenvalue weighted by molar-refractivity contribution is 0.0952. The SMILES string of the molecule is COc1ccccc1CCNC(=O)c1cccc(-c2cnc(CN)c(C(N)=O)n2)c1. The molecule has 0 atom stereocenters. The molecule has 3 aromatic rings. The lowest BCUT2D eigenvalue weighted by Gasteiger charge is -2.10. The first kappa shape index (κ1) is 20.9. The molecule has 8 heteroatoms. The molecule has 1 aromatic heterocycles. The van der Waals surface area contributed by atoms with Gasteiger partial charge in [0.2, 0.25) is 0 Å². The van der Waals surface area contributed by atoms with Crippen LogP contribution in [0, 0.1) is 0 Å². The third-order valence-electron chi connectivity index (χ3n) is 4.57. The highest BCUT2D eigenvalue weighted by Crippen LogP contribution is 2.20. The predicted molar refractivity (Wildman–Crippen MR) is 113 cm³/mol. The molecule has 2 aromatic carbocycles. The van der Waals surface area contributed by atoms with Gasteiger partial charge >= 0.3 is 0 Å². The Kier molecular flexibility index (Phi) is 6.71. The van der Waals surface area contributed by atoms with Crippen molar-refractivity contribution in [3.63, 3.8) is 0 Å². The number of nitrogens with two attached hydrogens (primary N) is 2. The highest BCUT2D eigenvalue weighted by atomic mass is 16.5. The van der Waals surface area contributed by atoms with Gasteiger partial charge in [-0.2, -0.15) is 0 Å². The number of carbonyl (C=O) groups is 2. The first-order valence-corrected chi connectivity index (χ1v) is 9.39. The number of ether oxygens (including phenoxy) is 1. The minimum atomic E-state index is -0.699. The Morgan fingerprint density at radius 3 is 2.67 bits per heavy atom. The molecule has 154 valence electrons. The summed E-state index contributed by atoms with van der Waals surface area (Å²) in [5.41, 5.74) is 13.9. The quantitative estimate of drug-likeness (QED) is 0.522. The number of benzene rings is 2. The molecule has 0 aliphatic rings. The number of para-hydroxylation sites is 1. The molecule has 0 aliphatic heterocycles. The van der Waals surface area contributed by atoms with Crippen molar-refractivity contribution in [3.05, 3.63) is 77.2 Å². The van der Waals surface area contributed by atoms with Crippen LogP contribution < -0.4 is 21.5 Å². The van der Waals surface area contributed by atoms with Gasteiger partial charge in [-0.25, -0.2) is 4.98 Å². The van der Waals surface area contributed by atoms with Crippen molar-refractivity contribution in [1.29, 1.82) is 0 Å². The number of nitrogens with zero attached hydrogens (tertiary/aromatic N) is 2. The Labute approximate surface area is 174 Å². The average molecular weight is 405 g/mol. The lowest BCUT2D eigenvalue weighted by atomic mass is 10.1. The molecule has 5 N–H and O–H groups in total. The molecule has 30 heavy (non-hydrogen) atoms. The van der Waals surface area contributed by atoms with E-state index in [9.17, 15) is 9.59 Å². The van der Waals surface area contributed by atoms with Crippen LogP contribution in [0.4, 0.5) is 0 Å². The zero-order chi connectivity index (χ0) is 21.5. The van der Waals surface area contributed by atoms with Crippen LogP contribution in [0.1, 0.15) is 32.1 Å². The van der Waals surface area contributed by atoms with Crippen LogP contribution in [0.5, 0.6) is 5.75 Å². The summed E-state index contributed by atoms with van der Waals surface area (Å²) in [5.74, 6) is -0.123. The summed E-state index contributed by atoms with van der Waals surface area (Å²) < 4.78 is 5.33. The summed E-state index contributed by atoms with van der Waals surface area (Å²) >= 11 is 0. The largest absolute Gasteiger partial charge is 0.496 e. The van der Waals surface area contributed by atoms with E-state index in [0.717, 1.165) is 11.3 Å². The highest BCUT2D eigenvalue weighted by molar-refractivity contribution is 5.95. The van der Waals surface area contributed by atoms with E-state index >= 15 is 0 Å². The second-order valence-corrected chi connectivity index (χ2v) is 6.52. The zero-order valence-corrected chi connectivity index (χ0v) is 16.6. The summed E-state index contributed by atoms with van der Waals surface area (Å²) in [4.78, 5) is 32.6. The summed E-state index contributed by atoms with van der Waals surface area (Å²) in [6, 6.07) is 14.6. The number of hydrogen-bond donors (Lipinski definition) is 3. The Morgan fingerprint density at radius 2 is 1.93 bits per heavy atom. The first-order chi connectivity index (χ1) is 14.5. The van der Waals surface area contributed by atoms with Crippen molar-refractivity contribution in [1.82, 2.24) is 15.3 Å². The van der Waals surface area contributed by atoms with Gasteiger partial charge in [0.15, 0.2) is 5.69 Å². The van der Waals surface area contributed by atoms with Crippen molar-refractivity contribution >= 4 is 11.8 Å². The first-order valence-electron chi connectivity index (χ1n) is 9.39. The van der Waals surface area contributed by atoms with Crippen LogP contribution in [0.25, 0.3) is 11.3 Å². The van der Waals surface area contributed by atoms with Crippen molar-refractivity contribution in [2.24, 2.45) is 11.5 Å². The number of methoxy groups -OCH3 is 1. The fourth-order valence-corrected chi connectivity index (χ4v) is 3.04. The van der Waals surface area contributed by atoms with E-state index in [-0.39, 0.29) is 18.1 Å². The Hall–Kier alpha value is -3.78. The molecule has 2 amide bonds. The Bertz CT molecular complexity index is 1070. The minimum absolute atomic E-state index is 0.0293. The van der Waals surface area contributed by atoms with Gasteiger partial charge in [-0.3, -0.25) is 14.6 Å². The Morgan fingerprint density at radius 1 is 1.13 bits per heavy atom. The molecule has 0 fully saturated rings. The molecule has 0 aliphatic carbocycles. The molecular formula is C22H23N5O3. The maximum absolute atomic E-state index is 12.6. The number of carbonyl (C=O) groups excluding carboxylic acids is 2. The topological polar surface area (TPSA) is 133 Å². The molecule has 0 bridgehead atoms. The standard InChI is InChI=1S/C22H23N5O3/c1-30-19-8-3-2-5-14(19)9-10-25-22(29)16-7-4-6-15(11-16)18-13-26-17(12-23)20(27-18)21(24)28/h2-8,11,13H,9-10,12,23H2,1H3,(H2,24,28)(H,25,29). The van der Waals surface area contributed by atoms with Crippen LogP contribution in [-0.2, 0) is 13.0 Å². The third-order valence-corrected chi connectivity index (χ3v) is 4.57. The van der Waals surface area contributed by atoms with E-state index < -0.39 is 5.91 Å². The van der Waals surface area contributed by atoms with E-state index in [0.29, 0.717) is 35.5 Å². The average Bonchev–Trinajstić information content (AvgIpc) is 2.78. The number of hydrogen-bond acceptors (Lipinski definition) is 6. The molecule has 8 nitrogen and oxygen atoms in total. The van der Waals surface area contributed by atoms with Crippen molar-refractivity contribution in [2.45, 2.75) is 13.0 Å². The number of aromatic nitrogens is 2. The predicted octanol–water partition coefficient (Wildman–Crippen LogP) is 1.68. The highest BCUT2D eigenvalue weighted by Gasteiger charge is 2.14. The maximum atomic E-state index is 12.6. The lowest BCUT2D eigenvalue weighted by Crippen LogP contribution is -2.25. The smallest absolute Gasteiger partial charge is 0.269 e. The van der Waals surface area contributed by atoms with Crippen LogP contribution in [-0.4, -0.2) is 35.4 Å². The molecule has 1 heterocycles. The number of nitrogens with one attached hydrogen (secondary N) is 1. The summed E-state index contributed by atoms with van der Waals surface area (Å²) in [6.07, 6.45) is 2.15. The summed E-state index contributed by atoms with van der Waals surface area (Å²) in [7, 11) is 1.62. The fraction of sp³-hybridized carbons (Fsp3) is 0.182. The van der Waals surface area contributed by atoms with Gasteiger partial charge in [0.05, 0.1) is 24.7 Å². The summed E-state index contributed by atoms with van der Waals surface area (Å²) in [6.45, 7) is 0.514. The third kappa shape index (κ3) is 4.79. The molecular weight excluding hydrogens is 382 g/mol. The maximum Gasteiger partial charge on any atom is 0.269 e. The number of amides is 2. The molecule has 0 saturated carbocycles. The second kappa shape index (κ2) is 9.62. The van der Waals surface area contributed by atoms with E-state index in [1.807, 2.05) is 24.3 Å². The van der Waals surface area contributed by atoms with Gasteiger partial charge in [-0.05, 0) is 30.2 Å². The second-order valence-electron chi connectivity index (χ2n) is 6.52. The molecule has 0 radical (unpaired) electrons. The number of primary amides is 1. The fourth-order valence-electron chi connectivity index (χ4n) is 3.04. The van der Waals surface area contributed by atoms with Crippen LogP contribution in [0.2, 0.25) is 0 Å². The molecule has 3 rings (SSSR count). The Balaban J connectivity index is 1.73. The van der Waals surface area contributed by atoms with E-state index in [1.54, 1.807) is 31.4 Å². The normalized spacial score (nSPS) is 10.5. The van der Waals surface area contributed by atoms with Crippen molar-refractivity contribution in [2.75, 3.05) is 13.7 Å². The monoisotopic (exact) mass is 405 g/mol. The van der Waals surface area contributed by atoms with E-state index in [2.05, 4.69) is 15.3 Å². The van der Waals surface area contributed by atoms with Gasteiger partial charge in [-0.15, -0.1) is 0 Å². The van der Waals surface area contributed by atoms with Crippen molar-refractivity contribution in [3.8, 4) is 17.0 Å². The van der Waals surface area contributed by atoms with Gasteiger partial charge in [0.25, 0.3) is 11.8 Å². The van der Waals surface area contributed by atoms with E-state index in [1.165, 1.54) is 6.20 Å². The van der Waals surface area contributed by atoms with Crippen molar-refractivity contribution < 1.29 is 14.3 Å². The van der Waals surface area contributed by atoms with Gasteiger partial charge in [-0.1, -0.05) is 30.3 Å².